The lowest BCUT2D eigenvalue weighted by atomic mass is 9.97. The molecule has 106 valence electrons. The second kappa shape index (κ2) is 4.70. The molecule has 2 heterocycles. The standard InChI is InChI=1S/C16H15N3O2/c1-8-4-5-9(2)12(16(20)21)11(8)14-18-13-10(3)6-7-17-15(13)19-14/h4-7H,1-3H3,(H,20,21)(H,17,18,19). The lowest BCUT2D eigenvalue weighted by Gasteiger charge is -2.10. The number of fused-ring (bicyclic) bond motifs is 1. The van der Waals surface area contributed by atoms with E-state index in [1.807, 2.05) is 32.0 Å². The van der Waals surface area contributed by atoms with Gasteiger partial charge in [0.1, 0.15) is 5.82 Å². The summed E-state index contributed by atoms with van der Waals surface area (Å²) >= 11 is 0. The summed E-state index contributed by atoms with van der Waals surface area (Å²) in [7, 11) is 0. The average molecular weight is 281 g/mol. The molecule has 0 bridgehead atoms. The maximum atomic E-state index is 11.6. The largest absolute Gasteiger partial charge is 0.478 e. The maximum Gasteiger partial charge on any atom is 0.336 e. The number of aromatic nitrogens is 3. The number of aromatic carboxylic acids is 1. The number of carboxylic acid groups (broad SMARTS) is 1. The van der Waals surface area contributed by atoms with Gasteiger partial charge in [-0.25, -0.2) is 14.8 Å². The Morgan fingerprint density at radius 3 is 2.48 bits per heavy atom. The summed E-state index contributed by atoms with van der Waals surface area (Å²) in [6.45, 7) is 5.64. The van der Waals surface area contributed by atoms with E-state index in [1.165, 1.54) is 0 Å². The highest BCUT2D eigenvalue weighted by molar-refractivity contribution is 5.98. The molecular formula is C16H15N3O2. The molecule has 0 unspecified atom stereocenters. The van der Waals surface area contributed by atoms with Crippen LogP contribution in [0.15, 0.2) is 24.4 Å². The van der Waals surface area contributed by atoms with E-state index in [-0.39, 0.29) is 5.56 Å². The van der Waals surface area contributed by atoms with Crippen LogP contribution in [0.4, 0.5) is 0 Å². The molecule has 0 amide bonds. The van der Waals surface area contributed by atoms with E-state index < -0.39 is 5.97 Å². The lowest BCUT2D eigenvalue weighted by Crippen LogP contribution is -2.05. The van der Waals surface area contributed by atoms with Crippen LogP contribution >= 0.6 is 0 Å². The van der Waals surface area contributed by atoms with Crippen molar-refractivity contribution in [2.75, 3.05) is 0 Å². The first-order valence-electron chi connectivity index (χ1n) is 6.64. The number of carbonyl (C=O) groups is 1. The summed E-state index contributed by atoms with van der Waals surface area (Å²) in [6.07, 6.45) is 1.70. The highest BCUT2D eigenvalue weighted by Crippen LogP contribution is 2.29. The minimum atomic E-state index is -0.948. The monoisotopic (exact) mass is 281 g/mol. The quantitative estimate of drug-likeness (QED) is 0.755. The van der Waals surface area contributed by atoms with Crippen LogP contribution in [0.2, 0.25) is 0 Å². The van der Waals surface area contributed by atoms with Gasteiger partial charge in [0.05, 0.1) is 11.1 Å². The first kappa shape index (κ1) is 13.3. The van der Waals surface area contributed by atoms with E-state index in [0.717, 1.165) is 16.6 Å². The third kappa shape index (κ3) is 2.07. The van der Waals surface area contributed by atoms with Crippen molar-refractivity contribution < 1.29 is 9.90 Å². The van der Waals surface area contributed by atoms with Crippen LogP contribution in [0.3, 0.4) is 0 Å². The Bertz CT molecular complexity index is 865. The topological polar surface area (TPSA) is 78.9 Å². The molecular weight excluding hydrogens is 266 g/mol. The van der Waals surface area contributed by atoms with Crippen molar-refractivity contribution in [2.24, 2.45) is 0 Å². The number of carboxylic acids is 1. The number of imidazole rings is 1. The highest BCUT2D eigenvalue weighted by atomic mass is 16.4. The van der Waals surface area contributed by atoms with Crippen LogP contribution in [-0.2, 0) is 0 Å². The highest BCUT2D eigenvalue weighted by Gasteiger charge is 2.20. The molecule has 2 N–H and O–H groups in total. The van der Waals surface area contributed by atoms with Gasteiger partial charge >= 0.3 is 5.97 Å². The molecule has 0 saturated carbocycles. The third-order valence-corrected chi connectivity index (χ3v) is 3.67. The van der Waals surface area contributed by atoms with Crippen molar-refractivity contribution in [2.45, 2.75) is 20.8 Å². The molecule has 0 radical (unpaired) electrons. The molecule has 5 heteroatoms. The van der Waals surface area contributed by atoms with Crippen LogP contribution in [0, 0.1) is 20.8 Å². The van der Waals surface area contributed by atoms with E-state index in [0.29, 0.717) is 22.6 Å². The van der Waals surface area contributed by atoms with Gasteiger partial charge in [0.25, 0.3) is 0 Å². The van der Waals surface area contributed by atoms with Crippen molar-refractivity contribution in [1.29, 1.82) is 0 Å². The number of nitrogens with one attached hydrogen (secondary N) is 1. The number of nitrogens with zero attached hydrogens (tertiary/aromatic N) is 2. The fourth-order valence-electron chi connectivity index (χ4n) is 2.55. The molecule has 3 aromatic rings. The number of rotatable bonds is 2. The van der Waals surface area contributed by atoms with E-state index >= 15 is 0 Å². The van der Waals surface area contributed by atoms with Gasteiger partial charge in [-0.3, -0.25) is 0 Å². The van der Waals surface area contributed by atoms with Crippen LogP contribution in [0.25, 0.3) is 22.6 Å². The minimum Gasteiger partial charge on any atom is -0.478 e. The molecule has 0 fully saturated rings. The van der Waals surface area contributed by atoms with Crippen LogP contribution < -0.4 is 0 Å². The van der Waals surface area contributed by atoms with E-state index in [4.69, 9.17) is 0 Å². The molecule has 0 aliphatic carbocycles. The third-order valence-electron chi connectivity index (χ3n) is 3.67. The Balaban J connectivity index is 2.35. The summed E-state index contributed by atoms with van der Waals surface area (Å²) in [4.78, 5) is 23.5. The Morgan fingerprint density at radius 1 is 1.10 bits per heavy atom. The van der Waals surface area contributed by atoms with Gasteiger partial charge in [-0.1, -0.05) is 12.1 Å². The fourth-order valence-corrected chi connectivity index (χ4v) is 2.55. The fraction of sp³-hybridized carbons (Fsp3) is 0.188. The Hall–Kier alpha value is -2.69. The SMILES string of the molecule is Cc1ccc(C)c(-c2nc3nccc(C)c3[nH]2)c1C(=O)O. The molecule has 0 spiro atoms. The molecule has 0 aliphatic rings. The second-order valence-electron chi connectivity index (χ2n) is 5.17. The Kier molecular flexibility index (Phi) is 2.97. The predicted octanol–water partition coefficient (Wildman–Crippen LogP) is 3.25. The van der Waals surface area contributed by atoms with Crippen LogP contribution in [-0.4, -0.2) is 26.0 Å². The summed E-state index contributed by atoms with van der Waals surface area (Å²) in [5, 5.41) is 9.50. The van der Waals surface area contributed by atoms with Gasteiger partial charge in [-0.2, -0.15) is 0 Å². The van der Waals surface area contributed by atoms with Crippen molar-refractivity contribution in [3.8, 4) is 11.4 Å². The van der Waals surface area contributed by atoms with Crippen molar-refractivity contribution >= 4 is 17.1 Å². The zero-order valence-corrected chi connectivity index (χ0v) is 12.1. The smallest absolute Gasteiger partial charge is 0.336 e. The predicted molar refractivity (Wildman–Crippen MR) is 80.5 cm³/mol. The number of hydrogen-bond acceptors (Lipinski definition) is 3. The molecule has 1 aromatic carbocycles. The average Bonchev–Trinajstić information content (AvgIpc) is 2.85. The first-order valence-corrected chi connectivity index (χ1v) is 6.64. The van der Waals surface area contributed by atoms with Crippen molar-refractivity contribution in [3.05, 3.63) is 46.6 Å². The summed E-state index contributed by atoms with van der Waals surface area (Å²) in [6, 6.07) is 5.62. The van der Waals surface area contributed by atoms with E-state index in [2.05, 4.69) is 15.0 Å². The minimum absolute atomic E-state index is 0.284. The molecule has 0 saturated heterocycles. The lowest BCUT2D eigenvalue weighted by molar-refractivity contribution is 0.0697. The number of H-pyrrole nitrogens is 1. The number of aryl methyl sites for hydroxylation is 3. The van der Waals surface area contributed by atoms with E-state index in [9.17, 15) is 9.90 Å². The first-order chi connectivity index (χ1) is 9.99. The number of hydrogen-bond donors (Lipinski definition) is 2. The second-order valence-corrected chi connectivity index (χ2v) is 5.17. The Labute approximate surface area is 121 Å². The summed E-state index contributed by atoms with van der Waals surface area (Å²) in [5.74, 6) is -0.401. The van der Waals surface area contributed by atoms with Gasteiger partial charge in [0, 0.05) is 11.8 Å². The van der Waals surface area contributed by atoms with Crippen molar-refractivity contribution in [1.82, 2.24) is 15.0 Å². The normalized spacial score (nSPS) is 11.0. The van der Waals surface area contributed by atoms with Gasteiger partial charge < -0.3 is 10.1 Å². The number of aromatic amines is 1. The number of pyridine rings is 1. The van der Waals surface area contributed by atoms with Gasteiger partial charge in [0.15, 0.2) is 5.65 Å². The molecule has 0 atom stereocenters. The zero-order valence-electron chi connectivity index (χ0n) is 12.1. The number of benzene rings is 1. The van der Waals surface area contributed by atoms with Gasteiger partial charge in [-0.05, 0) is 43.5 Å². The van der Waals surface area contributed by atoms with Crippen LogP contribution in [0.1, 0.15) is 27.0 Å². The van der Waals surface area contributed by atoms with E-state index in [1.54, 1.807) is 13.1 Å². The van der Waals surface area contributed by atoms with Gasteiger partial charge in [0.2, 0.25) is 0 Å². The molecule has 0 aliphatic heterocycles. The maximum absolute atomic E-state index is 11.6. The Morgan fingerprint density at radius 2 is 1.81 bits per heavy atom. The molecule has 3 rings (SSSR count). The molecule has 5 nitrogen and oxygen atoms in total. The van der Waals surface area contributed by atoms with Crippen LogP contribution in [0.5, 0.6) is 0 Å². The molecule has 2 aromatic heterocycles. The summed E-state index contributed by atoms with van der Waals surface area (Å²) in [5.41, 5.74) is 4.96. The van der Waals surface area contributed by atoms with Gasteiger partial charge in [-0.15, -0.1) is 0 Å². The zero-order chi connectivity index (χ0) is 15.1. The van der Waals surface area contributed by atoms with Crippen molar-refractivity contribution in [3.63, 3.8) is 0 Å². The summed E-state index contributed by atoms with van der Waals surface area (Å²) < 4.78 is 0. The molecule has 21 heavy (non-hydrogen) atoms.